The minimum Gasteiger partial charge on any atom is -0.497 e. The predicted molar refractivity (Wildman–Crippen MR) is 102 cm³/mol. The monoisotopic (exact) mass is 374 g/mol. The van der Waals surface area contributed by atoms with Gasteiger partial charge in [0.1, 0.15) is 5.75 Å². The smallest absolute Gasteiger partial charge is 0.251 e. The van der Waals surface area contributed by atoms with Gasteiger partial charge < -0.3 is 15.0 Å². The molecule has 2 aromatic rings. The summed E-state index contributed by atoms with van der Waals surface area (Å²) in [5.41, 5.74) is 1.55. The summed E-state index contributed by atoms with van der Waals surface area (Å²) in [6.07, 6.45) is 0.253. The first-order chi connectivity index (χ1) is 12.5. The number of carbonyl (C=O) groups excluding carboxylic acids is 2. The molecule has 0 heterocycles. The Morgan fingerprint density at radius 1 is 1.08 bits per heavy atom. The van der Waals surface area contributed by atoms with Crippen LogP contribution < -0.4 is 10.1 Å². The van der Waals surface area contributed by atoms with Crippen molar-refractivity contribution in [2.45, 2.75) is 19.9 Å². The highest BCUT2D eigenvalue weighted by Crippen LogP contribution is 2.13. The molecule has 0 saturated carbocycles. The van der Waals surface area contributed by atoms with Crippen molar-refractivity contribution in [3.05, 3.63) is 64.7 Å². The molecule has 138 valence electrons. The van der Waals surface area contributed by atoms with E-state index < -0.39 is 0 Å². The quantitative estimate of drug-likeness (QED) is 0.769. The molecule has 5 nitrogen and oxygen atoms in total. The molecule has 0 bridgehead atoms. The summed E-state index contributed by atoms with van der Waals surface area (Å²) >= 11 is 5.81. The largest absolute Gasteiger partial charge is 0.497 e. The number of halogens is 1. The molecule has 2 aromatic carbocycles. The highest BCUT2D eigenvalue weighted by molar-refractivity contribution is 6.30. The molecule has 0 radical (unpaired) electrons. The molecule has 2 rings (SSSR count). The maximum absolute atomic E-state index is 12.4. The van der Waals surface area contributed by atoms with E-state index in [0.717, 1.165) is 11.3 Å². The number of nitrogens with zero attached hydrogens (tertiary/aromatic N) is 1. The van der Waals surface area contributed by atoms with Crippen LogP contribution in [-0.4, -0.2) is 36.9 Å². The molecule has 1 N–H and O–H groups in total. The van der Waals surface area contributed by atoms with E-state index in [2.05, 4.69) is 5.32 Å². The Morgan fingerprint density at radius 2 is 1.73 bits per heavy atom. The van der Waals surface area contributed by atoms with Gasteiger partial charge in [0, 0.05) is 36.6 Å². The van der Waals surface area contributed by atoms with Gasteiger partial charge >= 0.3 is 0 Å². The number of methoxy groups -OCH3 is 1. The minimum absolute atomic E-state index is 0.000255. The van der Waals surface area contributed by atoms with Crippen LogP contribution >= 0.6 is 11.6 Å². The van der Waals surface area contributed by atoms with Crippen LogP contribution in [0.5, 0.6) is 5.75 Å². The van der Waals surface area contributed by atoms with Crippen LogP contribution in [0.25, 0.3) is 0 Å². The molecule has 0 saturated heterocycles. The van der Waals surface area contributed by atoms with Crippen LogP contribution in [0.15, 0.2) is 48.5 Å². The Labute approximate surface area is 158 Å². The molecule has 0 aliphatic carbocycles. The molecular formula is C20H23ClN2O3. The molecule has 0 atom stereocenters. The Hall–Kier alpha value is -2.53. The van der Waals surface area contributed by atoms with E-state index in [0.29, 0.717) is 30.2 Å². The maximum atomic E-state index is 12.4. The number of rotatable bonds is 8. The molecule has 2 amide bonds. The number of carbonyl (C=O) groups is 2. The first-order valence-corrected chi connectivity index (χ1v) is 8.85. The van der Waals surface area contributed by atoms with Gasteiger partial charge in [-0.3, -0.25) is 9.59 Å². The fraction of sp³-hybridized carbons (Fsp3) is 0.300. The molecule has 0 aliphatic heterocycles. The maximum Gasteiger partial charge on any atom is 0.251 e. The molecule has 0 aromatic heterocycles. The number of hydrogen-bond donors (Lipinski definition) is 1. The fourth-order valence-electron chi connectivity index (χ4n) is 2.47. The van der Waals surface area contributed by atoms with E-state index in [4.69, 9.17) is 16.3 Å². The summed E-state index contributed by atoms with van der Waals surface area (Å²) in [4.78, 5) is 26.2. The predicted octanol–water partition coefficient (Wildman–Crippen LogP) is 3.52. The van der Waals surface area contributed by atoms with Gasteiger partial charge in [0.2, 0.25) is 5.91 Å². The first-order valence-electron chi connectivity index (χ1n) is 8.48. The van der Waals surface area contributed by atoms with Crippen molar-refractivity contribution in [1.82, 2.24) is 10.2 Å². The second-order valence-electron chi connectivity index (χ2n) is 5.77. The average molecular weight is 375 g/mol. The van der Waals surface area contributed by atoms with E-state index in [-0.39, 0.29) is 18.2 Å². The van der Waals surface area contributed by atoms with E-state index in [1.165, 1.54) is 0 Å². The van der Waals surface area contributed by atoms with Gasteiger partial charge in [0.05, 0.1) is 7.11 Å². The van der Waals surface area contributed by atoms with Gasteiger partial charge in [0.15, 0.2) is 0 Å². The van der Waals surface area contributed by atoms with Gasteiger partial charge in [0.25, 0.3) is 5.91 Å². The SMILES string of the molecule is CCN(Cc1ccc(OC)cc1)C(=O)CCNC(=O)c1ccc(Cl)cc1. The molecule has 0 aliphatic rings. The summed E-state index contributed by atoms with van der Waals surface area (Å²) in [5, 5.41) is 3.34. The van der Waals surface area contributed by atoms with Gasteiger partial charge in [-0.2, -0.15) is 0 Å². The van der Waals surface area contributed by atoms with Crippen LogP contribution in [0, 0.1) is 0 Å². The molecule has 0 spiro atoms. The van der Waals surface area contributed by atoms with Crippen LogP contribution in [0.3, 0.4) is 0 Å². The van der Waals surface area contributed by atoms with Crippen molar-refractivity contribution in [1.29, 1.82) is 0 Å². The van der Waals surface area contributed by atoms with Crippen LogP contribution in [0.4, 0.5) is 0 Å². The second-order valence-corrected chi connectivity index (χ2v) is 6.21. The summed E-state index contributed by atoms with van der Waals surface area (Å²) in [7, 11) is 1.62. The number of nitrogens with one attached hydrogen (secondary N) is 1. The van der Waals surface area contributed by atoms with Gasteiger partial charge in [-0.25, -0.2) is 0 Å². The van der Waals surface area contributed by atoms with Crippen LogP contribution in [0.1, 0.15) is 29.3 Å². The topological polar surface area (TPSA) is 58.6 Å². The molecule has 0 unspecified atom stereocenters. The molecule has 26 heavy (non-hydrogen) atoms. The highest BCUT2D eigenvalue weighted by Gasteiger charge is 2.13. The second kappa shape index (κ2) is 9.82. The molecule has 6 heteroatoms. The zero-order valence-corrected chi connectivity index (χ0v) is 15.8. The van der Waals surface area contributed by atoms with Crippen molar-refractivity contribution in [2.75, 3.05) is 20.2 Å². The van der Waals surface area contributed by atoms with E-state index >= 15 is 0 Å². The summed E-state index contributed by atoms with van der Waals surface area (Å²) in [5.74, 6) is 0.570. The lowest BCUT2D eigenvalue weighted by Gasteiger charge is -2.21. The minimum atomic E-state index is -0.215. The lowest BCUT2D eigenvalue weighted by molar-refractivity contribution is -0.131. The Kier molecular flexibility index (Phi) is 7.48. The van der Waals surface area contributed by atoms with Crippen molar-refractivity contribution < 1.29 is 14.3 Å². The first kappa shape index (κ1) is 19.8. The zero-order valence-electron chi connectivity index (χ0n) is 15.0. The van der Waals surface area contributed by atoms with Crippen molar-refractivity contribution in [3.63, 3.8) is 0 Å². The van der Waals surface area contributed by atoms with E-state index in [9.17, 15) is 9.59 Å². The van der Waals surface area contributed by atoms with Crippen molar-refractivity contribution >= 4 is 23.4 Å². The average Bonchev–Trinajstić information content (AvgIpc) is 2.66. The Morgan fingerprint density at radius 3 is 2.31 bits per heavy atom. The van der Waals surface area contributed by atoms with Gasteiger partial charge in [-0.05, 0) is 48.9 Å². The third-order valence-electron chi connectivity index (χ3n) is 4.00. The zero-order chi connectivity index (χ0) is 18.9. The van der Waals surface area contributed by atoms with E-state index in [1.54, 1.807) is 36.3 Å². The fourth-order valence-corrected chi connectivity index (χ4v) is 2.60. The van der Waals surface area contributed by atoms with Gasteiger partial charge in [-0.15, -0.1) is 0 Å². The Bertz CT molecular complexity index is 730. The summed E-state index contributed by atoms with van der Waals surface area (Å²) in [6.45, 7) is 3.37. The third kappa shape index (κ3) is 5.77. The number of ether oxygens (including phenoxy) is 1. The lowest BCUT2D eigenvalue weighted by atomic mass is 10.2. The van der Waals surface area contributed by atoms with Crippen molar-refractivity contribution in [3.8, 4) is 5.75 Å². The van der Waals surface area contributed by atoms with Gasteiger partial charge in [-0.1, -0.05) is 23.7 Å². The number of hydrogen-bond acceptors (Lipinski definition) is 3. The molecular weight excluding hydrogens is 352 g/mol. The number of amides is 2. The summed E-state index contributed by atoms with van der Waals surface area (Å²) in [6, 6.07) is 14.3. The Balaban J connectivity index is 1.82. The molecule has 0 fully saturated rings. The highest BCUT2D eigenvalue weighted by atomic mass is 35.5. The summed E-state index contributed by atoms with van der Waals surface area (Å²) < 4.78 is 5.14. The standard InChI is InChI=1S/C20H23ClN2O3/c1-3-23(14-15-4-10-18(26-2)11-5-15)19(24)12-13-22-20(25)16-6-8-17(21)9-7-16/h4-11H,3,12-14H2,1-2H3,(H,22,25). The normalized spacial score (nSPS) is 10.3. The van der Waals surface area contributed by atoms with E-state index in [1.807, 2.05) is 31.2 Å². The lowest BCUT2D eigenvalue weighted by Crippen LogP contribution is -2.34. The third-order valence-corrected chi connectivity index (χ3v) is 4.25. The van der Waals surface area contributed by atoms with Crippen LogP contribution in [0.2, 0.25) is 5.02 Å². The number of benzene rings is 2. The van der Waals surface area contributed by atoms with Crippen molar-refractivity contribution in [2.24, 2.45) is 0 Å². The van der Waals surface area contributed by atoms with Crippen LogP contribution in [-0.2, 0) is 11.3 Å².